The molecule has 4 N–H and O–H groups in total. The number of ether oxygens (including phenoxy) is 2. The van der Waals surface area contributed by atoms with Crippen LogP contribution >= 0.6 is 0 Å². The Morgan fingerprint density at radius 3 is 2.76 bits per heavy atom. The lowest BCUT2D eigenvalue weighted by molar-refractivity contribution is -0.124. The topological polar surface area (TPSA) is 118 Å². The highest BCUT2D eigenvalue weighted by Crippen LogP contribution is 2.31. The van der Waals surface area contributed by atoms with Crippen LogP contribution in [0.5, 0.6) is 5.75 Å². The first-order valence-corrected chi connectivity index (χ1v) is 10.8. The summed E-state index contributed by atoms with van der Waals surface area (Å²) in [5.74, 6) is 1.50. The molecule has 0 radical (unpaired) electrons. The van der Waals surface area contributed by atoms with E-state index < -0.39 is 5.91 Å². The second-order valence-corrected chi connectivity index (χ2v) is 7.84. The molecule has 0 spiro atoms. The van der Waals surface area contributed by atoms with Gasteiger partial charge in [0.05, 0.1) is 6.10 Å². The number of aromatic nitrogens is 3. The van der Waals surface area contributed by atoms with Gasteiger partial charge in [-0.3, -0.25) is 9.20 Å². The van der Waals surface area contributed by atoms with E-state index in [4.69, 9.17) is 25.9 Å². The Hall–Kier alpha value is -3.91. The Kier molecular flexibility index (Phi) is 6.85. The average molecular weight is 446 g/mol. The molecule has 8 heteroatoms. The number of carbonyl (C=O) groups is 1. The molecule has 4 rings (SSSR count). The molecular formula is C25H27N5O3. The van der Waals surface area contributed by atoms with E-state index in [-0.39, 0.29) is 12.7 Å². The molecule has 2 aromatic carbocycles. The number of benzene rings is 2. The summed E-state index contributed by atoms with van der Waals surface area (Å²) < 4.78 is 13.4. The van der Waals surface area contributed by atoms with E-state index in [1.165, 1.54) is 0 Å². The van der Waals surface area contributed by atoms with E-state index in [0.717, 1.165) is 33.9 Å². The zero-order chi connectivity index (χ0) is 23.2. The highest BCUT2D eigenvalue weighted by atomic mass is 16.5. The standard InChI is InChI=1S/C25H27N5O3/c1-17(32-16-21(26)31)10-11-22-29-23(24-25(27)28-12-13-30(22)24)19-8-5-9-20(14-19)33-15-18-6-3-2-4-7-18/h2-9,12-14,17H,10-11,15-16H2,1H3,(H2,26,31)(H2,27,28)/t17-/m0/s1. The van der Waals surface area contributed by atoms with Gasteiger partial charge in [0.25, 0.3) is 0 Å². The summed E-state index contributed by atoms with van der Waals surface area (Å²) in [6.45, 7) is 2.29. The van der Waals surface area contributed by atoms with Crippen molar-refractivity contribution in [3.63, 3.8) is 0 Å². The summed E-state index contributed by atoms with van der Waals surface area (Å²) in [6.07, 6.45) is 4.68. The van der Waals surface area contributed by atoms with Crippen LogP contribution in [0.4, 0.5) is 5.82 Å². The summed E-state index contributed by atoms with van der Waals surface area (Å²) in [5, 5.41) is 0. The maximum absolute atomic E-state index is 11.0. The first-order valence-electron chi connectivity index (χ1n) is 10.8. The quantitative estimate of drug-likeness (QED) is 0.386. The van der Waals surface area contributed by atoms with Crippen LogP contribution in [-0.4, -0.2) is 33.0 Å². The van der Waals surface area contributed by atoms with E-state index >= 15 is 0 Å². The molecule has 2 heterocycles. The Morgan fingerprint density at radius 2 is 1.97 bits per heavy atom. The van der Waals surface area contributed by atoms with E-state index in [9.17, 15) is 4.79 Å². The minimum Gasteiger partial charge on any atom is -0.489 e. The van der Waals surface area contributed by atoms with Crippen molar-refractivity contribution in [2.45, 2.75) is 32.5 Å². The Bertz CT molecular complexity index is 1240. The van der Waals surface area contributed by atoms with Crippen LogP contribution in [0.1, 0.15) is 24.7 Å². The maximum atomic E-state index is 11.0. The fraction of sp³-hybridized carbons (Fsp3) is 0.240. The predicted molar refractivity (Wildman–Crippen MR) is 127 cm³/mol. The molecule has 0 aliphatic rings. The van der Waals surface area contributed by atoms with Crippen LogP contribution < -0.4 is 16.2 Å². The van der Waals surface area contributed by atoms with Gasteiger partial charge < -0.3 is 20.9 Å². The van der Waals surface area contributed by atoms with Crippen molar-refractivity contribution >= 4 is 17.2 Å². The number of aryl methyl sites for hydroxylation is 1. The molecule has 2 aromatic heterocycles. The molecule has 8 nitrogen and oxygen atoms in total. The van der Waals surface area contributed by atoms with Gasteiger partial charge in [-0.15, -0.1) is 0 Å². The first kappa shape index (κ1) is 22.3. The Balaban J connectivity index is 1.58. The van der Waals surface area contributed by atoms with Crippen LogP contribution in [0.15, 0.2) is 67.0 Å². The second kappa shape index (κ2) is 10.1. The molecule has 0 aliphatic heterocycles. The van der Waals surface area contributed by atoms with Crippen molar-refractivity contribution in [3.05, 3.63) is 78.4 Å². The summed E-state index contributed by atoms with van der Waals surface area (Å²) >= 11 is 0. The lowest BCUT2D eigenvalue weighted by Gasteiger charge is -2.11. The molecule has 4 aromatic rings. The maximum Gasteiger partial charge on any atom is 0.243 e. The third-order valence-electron chi connectivity index (χ3n) is 5.30. The van der Waals surface area contributed by atoms with Crippen molar-refractivity contribution in [2.24, 2.45) is 5.73 Å². The van der Waals surface area contributed by atoms with Crippen LogP contribution in [0.2, 0.25) is 0 Å². The van der Waals surface area contributed by atoms with Crippen molar-refractivity contribution in [2.75, 3.05) is 12.3 Å². The zero-order valence-electron chi connectivity index (χ0n) is 18.5. The second-order valence-electron chi connectivity index (χ2n) is 7.84. The SMILES string of the molecule is C[C@@H](CCc1nc(-c2cccc(OCc3ccccc3)c2)c2c(N)nccn12)OCC(N)=O. The molecule has 0 aliphatic carbocycles. The fourth-order valence-corrected chi connectivity index (χ4v) is 3.62. The molecule has 33 heavy (non-hydrogen) atoms. The largest absolute Gasteiger partial charge is 0.489 e. The van der Waals surface area contributed by atoms with Crippen LogP contribution in [-0.2, 0) is 22.6 Å². The van der Waals surface area contributed by atoms with Crippen molar-refractivity contribution in [1.82, 2.24) is 14.4 Å². The Labute approximate surface area is 192 Å². The number of primary amides is 1. The van der Waals surface area contributed by atoms with Gasteiger partial charge >= 0.3 is 0 Å². The van der Waals surface area contributed by atoms with E-state index in [0.29, 0.717) is 25.3 Å². The van der Waals surface area contributed by atoms with Gasteiger partial charge in [0.2, 0.25) is 5.91 Å². The number of nitrogens with zero attached hydrogens (tertiary/aromatic N) is 3. The van der Waals surface area contributed by atoms with Crippen LogP contribution in [0.3, 0.4) is 0 Å². The summed E-state index contributed by atoms with van der Waals surface area (Å²) in [6, 6.07) is 17.8. The van der Waals surface area contributed by atoms with Crippen molar-refractivity contribution < 1.29 is 14.3 Å². The minimum atomic E-state index is -0.483. The van der Waals surface area contributed by atoms with Gasteiger partial charge in [-0.2, -0.15) is 0 Å². The highest BCUT2D eigenvalue weighted by Gasteiger charge is 2.17. The molecule has 0 saturated heterocycles. The lowest BCUT2D eigenvalue weighted by atomic mass is 10.1. The third kappa shape index (κ3) is 5.48. The molecule has 170 valence electrons. The van der Waals surface area contributed by atoms with Crippen LogP contribution in [0, 0.1) is 0 Å². The number of fused-ring (bicyclic) bond motifs is 1. The first-order chi connectivity index (χ1) is 16.0. The zero-order valence-corrected chi connectivity index (χ0v) is 18.5. The lowest BCUT2D eigenvalue weighted by Crippen LogP contribution is -2.22. The molecule has 0 fully saturated rings. The number of hydrogen-bond acceptors (Lipinski definition) is 6. The summed E-state index contributed by atoms with van der Waals surface area (Å²) in [4.78, 5) is 20.1. The van der Waals surface area contributed by atoms with Crippen LogP contribution in [0.25, 0.3) is 16.8 Å². The van der Waals surface area contributed by atoms with Crippen molar-refractivity contribution in [3.8, 4) is 17.0 Å². The molecule has 0 unspecified atom stereocenters. The molecule has 1 amide bonds. The van der Waals surface area contributed by atoms with Gasteiger partial charge in [0, 0.05) is 24.4 Å². The molecular weight excluding hydrogens is 418 g/mol. The number of carbonyl (C=O) groups excluding carboxylic acids is 1. The number of nitrogen functional groups attached to an aromatic ring is 1. The van der Waals surface area contributed by atoms with Gasteiger partial charge in [-0.25, -0.2) is 9.97 Å². The number of hydrogen-bond donors (Lipinski definition) is 2. The number of imidazole rings is 1. The van der Waals surface area contributed by atoms with E-state index in [1.807, 2.05) is 72.1 Å². The monoisotopic (exact) mass is 445 g/mol. The molecule has 1 atom stereocenters. The number of nitrogens with two attached hydrogens (primary N) is 2. The smallest absolute Gasteiger partial charge is 0.243 e. The highest BCUT2D eigenvalue weighted by molar-refractivity contribution is 5.85. The van der Waals surface area contributed by atoms with Crippen molar-refractivity contribution in [1.29, 1.82) is 0 Å². The summed E-state index contributed by atoms with van der Waals surface area (Å²) in [5.41, 5.74) is 14.9. The molecule has 0 saturated carbocycles. The van der Waals surface area contributed by atoms with Gasteiger partial charge in [0.15, 0.2) is 0 Å². The average Bonchev–Trinajstić information content (AvgIpc) is 3.21. The van der Waals surface area contributed by atoms with E-state index in [1.54, 1.807) is 6.20 Å². The minimum absolute atomic E-state index is 0.0958. The molecule has 0 bridgehead atoms. The number of anilines is 1. The fourth-order valence-electron chi connectivity index (χ4n) is 3.62. The number of amides is 1. The van der Waals surface area contributed by atoms with E-state index in [2.05, 4.69) is 4.98 Å². The number of rotatable bonds is 10. The predicted octanol–water partition coefficient (Wildman–Crippen LogP) is 3.38. The Morgan fingerprint density at radius 1 is 1.15 bits per heavy atom. The normalized spacial score (nSPS) is 12.0. The van der Waals surface area contributed by atoms with Gasteiger partial charge in [0.1, 0.15) is 41.8 Å². The van der Waals surface area contributed by atoms with Gasteiger partial charge in [-0.05, 0) is 31.0 Å². The summed E-state index contributed by atoms with van der Waals surface area (Å²) in [7, 11) is 0. The third-order valence-corrected chi connectivity index (χ3v) is 5.30. The van der Waals surface area contributed by atoms with Gasteiger partial charge in [-0.1, -0.05) is 42.5 Å².